The Kier molecular flexibility index (Phi) is 5.83. The van der Waals surface area contributed by atoms with Gasteiger partial charge in [0.25, 0.3) is 0 Å². The molecule has 1 N–H and O–H groups in total. The van der Waals surface area contributed by atoms with Crippen LogP contribution in [0.25, 0.3) is 53.5 Å². The molecule has 4 nitrogen and oxygen atoms in total. The summed E-state index contributed by atoms with van der Waals surface area (Å²) in [6, 6.07) is 57.1. The number of hydrazine groups is 1. The van der Waals surface area contributed by atoms with Crippen molar-refractivity contribution in [3.05, 3.63) is 169 Å². The predicted octanol–water partition coefficient (Wildman–Crippen LogP) is 10.3. The van der Waals surface area contributed by atoms with Crippen LogP contribution in [0.5, 0.6) is 0 Å². The van der Waals surface area contributed by atoms with E-state index in [-0.39, 0.29) is 18.6 Å². The van der Waals surface area contributed by atoms with Crippen molar-refractivity contribution in [1.29, 1.82) is 0 Å². The second-order valence-electron chi connectivity index (χ2n) is 12.2. The lowest BCUT2D eigenvalue weighted by atomic mass is 9.98. The summed E-state index contributed by atoms with van der Waals surface area (Å²) in [6.07, 6.45) is 0.235. The number of aromatic nitrogens is 1. The maximum atomic E-state index is 4.03. The van der Waals surface area contributed by atoms with E-state index in [9.17, 15) is 0 Å². The van der Waals surface area contributed by atoms with Crippen LogP contribution in [0, 0.1) is 0 Å². The van der Waals surface area contributed by atoms with E-state index in [4.69, 9.17) is 0 Å². The number of hydrogen-bond donors (Lipinski definition) is 1. The van der Waals surface area contributed by atoms with Crippen LogP contribution in [0.3, 0.4) is 0 Å². The largest absolute Gasteiger partial charge is 0.310 e. The summed E-state index contributed by atoms with van der Waals surface area (Å²) in [7, 11) is 0. The SMILES string of the molecule is c1ccc(-c2sc3c(ccc4c3c3ccccc3n4C3NC(c4ccccc4)N4C(c5ccccc5)N34)c2-c2ccccc2)cc1. The van der Waals surface area contributed by atoms with E-state index in [0.29, 0.717) is 0 Å². The third kappa shape index (κ3) is 3.84. The number of para-hydroxylation sites is 1. The fourth-order valence-corrected chi connectivity index (χ4v) is 9.00. The summed E-state index contributed by atoms with van der Waals surface area (Å²) in [5.41, 5.74) is 8.91. The average Bonchev–Trinajstić information content (AvgIpc) is 3.38. The highest BCUT2D eigenvalue weighted by molar-refractivity contribution is 7.24. The van der Waals surface area contributed by atoms with E-state index in [1.54, 1.807) is 0 Å². The number of benzene rings is 6. The lowest BCUT2D eigenvalue weighted by molar-refractivity contribution is 0.256. The first kappa shape index (κ1) is 26.2. The van der Waals surface area contributed by atoms with Crippen LogP contribution < -0.4 is 5.32 Å². The second kappa shape index (κ2) is 10.2. The molecule has 5 heteroatoms. The van der Waals surface area contributed by atoms with E-state index < -0.39 is 0 Å². The highest BCUT2D eigenvalue weighted by Crippen LogP contribution is 2.57. The summed E-state index contributed by atoms with van der Waals surface area (Å²) >= 11 is 1.92. The maximum absolute atomic E-state index is 4.03. The Balaban J connectivity index is 1.22. The van der Waals surface area contributed by atoms with E-state index in [1.165, 1.54) is 64.6 Å². The molecular formula is C41H30N4S. The molecule has 0 radical (unpaired) electrons. The van der Waals surface area contributed by atoms with Gasteiger partial charge >= 0.3 is 0 Å². The standard InChI is InChI=1S/C41H30N4S/c1-5-15-27(16-6-1)35-32-25-26-34-36(38(32)46-37(35)28-17-7-2-8-18-28)31-23-13-14-24-33(31)43(34)41-42-39(29-19-9-3-10-20-29)44-40(45(41)44)30-21-11-4-12-22-30/h1-26,39-42H. The maximum Gasteiger partial charge on any atom is 0.158 e. The Bertz CT molecular complexity index is 2360. The zero-order chi connectivity index (χ0) is 30.2. The van der Waals surface area contributed by atoms with Crippen molar-refractivity contribution in [1.82, 2.24) is 19.9 Å². The summed E-state index contributed by atoms with van der Waals surface area (Å²) in [4.78, 5) is 1.32. The van der Waals surface area contributed by atoms with Gasteiger partial charge in [-0.2, -0.15) is 10.0 Å². The zero-order valence-corrected chi connectivity index (χ0v) is 25.8. The Morgan fingerprint density at radius 1 is 0.500 bits per heavy atom. The summed E-state index contributed by atoms with van der Waals surface area (Å²) in [5.74, 6) is 0. The van der Waals surface area contributed by atoms with Gasteiger partial charge in [0.05, 0.1) is 11.0 Å². The summed E-state index contributed by atoms with van der Waals surface area (Å²) < 4.78 is 3.87. The minimum Gasteiger partial charge on any atom is -0.310 e. The highest BCUT2D eigenvalue weighted by atomic mass is 32.1. The first-order valence-electron chi connectivity index (χ1n) is 15.9. The lowest BCUT2D eigenvalue weighted by Gasteiger charge is -2.23. The third-order valence-corrected chi connectivity index (χ3v) is 10.9. The van der Waals surface area contributed by atoms with E-state index >= 15 is 0 Å². The fourth-order valence-electron chi connectivity index (χ4n) is 7.62. The Morgan fingerprint density at radius 2 is 1.11 bits per heavy atom. The van der Waals surface area contributed by atoms with Crippen molar-refractivity contribution < 1.29 is 0 Å². The number of nitrogens with zero attached hydrogens (tertiary/aromatic N) is 3. The van der Waals surface area contributed by atoms with Crippen LogP contribution in [-0.2, 0) is 0 Å². The molecule has 6 aromatic carbocycles. The molecule has 2 aliphatic rings. The second-order valence-corrected chi connectivity index (χ2v) is 13.2. The van der Waals surface area contributed by atoms with Crippen LogP contribution in [0.15, 0.2) is 158 Å². The van der Waals surface area contributed by atoms with Crippen LogP contribution in [0.4, 0.5) is 0 Å². The Labute approximate surface area is 271 Å². The van der Waals surface area contributed by atoms with Crippen molar-refractivity contribution >= 4 is 43.2 Å². The predicted molar refractivity (Wildman–Crippen MR) is 190 cm³/mol. The van der Waals surface area contributed by atoms with Gasteiger partial charge in [-0.05, 0) is 34.4 Å². The number of nitrogens with one attached hydrogen (secondary N) is 1. The molecule has 2 aliphatic heterocycles. The van der Waals surface area contributed by atoms with E-state index in [2.05, 4.69) is 178 Å². The molecule has 2 saturated heterocycles. The van der Waals surface area contributed by atoms with Crippen LogP contribution in [0.1, 0.15) is 29.7 Å². The van der Waals surface area contributed by atoms with Gasteiger partial charge < -0.3 is 4.57 Å². The van der Waals surface area contributed by atoms with Crippen molar-refractivity contribution in [2.45, 2.75) is 18.6 Å². The van der Waals surface area contributed by atoms with E-state index in [0.717, 1.165) is 0 Å². The number of fused-ring (bicyclic) bond motifs is 6. The molecule has 2 aromatic heterocycles. The topological polar surface area (TPSA) is 23.0 Å². The minimum atomic E-state index is -0.0441. The highest BCUT2D eigenvalue weighted by Gasteiger charge is 2.61. The third-order valence-electron chi connectivity index (χ3n) is 9.62. The molecule has 10 rings (SSSR count). The quantitative estimate of drug-likeness (QED) is 0.196. The molecule has 4 heterocycles. The van der Waals surface area contributed by atoms with Crippen molar-refractivity contribution in [2.24, 2.45) is 0 Å². The molecule has 0 aliphatic carbocycles. The van der Waals surface area contributed by atoms with Gasteiger partial charge in [-0.1, -0.05) is 146 Å². The molecule has 5 unspecified atom stereocenters. The Morgan fingerprint density at radius 3 is 1.83 bits per heavy atom. The molecule has 0 saturated carbocycles. The molecule has 8 aromatic rings. The van der Waals surface area contributed by atoms with Gasteiger partial charge in [0.15, 0.2) is 6.29 Å². The number of rotatable bonds is 5. The smallest absolute Gasteiger partial charge is 0.158 e. The zero-order valence-electron chi connectivity index (χ0n) is 25.0. The normalized spacial score (nSPS) is 22.0. The van der Waals surface area contributed by atoms with Crippen LogP contribution in [-0.4, -0.2) is 14.6 Å². The molecule has 5 atom stereocenters. The number of thiophene rings is 1. The summed E-state index contributed by atoms with van der Waals surface area (Å²) in [6.45, 7) is 0. The molecule has 46 heavy (non-hydrogen) atoms. The van der Waals surface area contributed by atoms with Crippen LogP contribution >= 0.6 is 11.3 Å². The first-order valence-corrected chi connectivity index (χ1v) is 16.7. The molecule has 0 bridgehead atoms. The van der Waals surface area contributed by atoms with Crippen molar-refractivity contribution in [2.75, 3.05) is 0 Å². The average molecular weight is 611 g/mol. The van der Waals surface area contributed by atoms with Gasteiger partial charge in [-0.15, -0.1) is 11.3 Å². The molecule has 0 spiro atoms. The first-order chi connectivity index (χ1) is 22.9. The number of hydrogen-bond acceptors (Lipinski definition) is 4. The molecular weight excluding hydrogens is 581 g/mol. The molecule has 0 amide bonds. The van der Waals surface area contributed by atoms with Gasteiger partial charge in [0, 0.05) is 31.3 Å². The van der Waals surface area contributed by atoms with Crippen LogP contribution in [0.2, 0.25) is 0 Å². The van der Waals surface area contributed by atoms with E-state index in [1.807, 2.05) is 11.3 Å². The van der Waals surface area contributed by atoms with Gasteiger partial charge in [-0.3, -0.25) is 5.32 Å². The fraction of sp³-hybridized carbons (Fsp3) is 0.0732. The van der Waals surface area contributed by atoms with Gasteiger partial charge in [0.2, 0.25) is 0 Å². The van der Waals surface area contributed by atoms with Gasteiger partial charge in [0.1, 0.15) is 12.3 Å². The molecule has 2 fully saturated rings. The lowest BCUT2D eigenvalue weighted by Crippen LogP contribution is -2.31. The Hall–Kier alpha value is -5.04. The van der Waals surface area contributed by atoms with Crippen molar-refractivity contribution in [3.8, 4) is 21.6 Å². The minimum absolute atomic E-state index is 0.0441. The summed E-state index contributed by atoms with van der Waals surface area (Å²) in [5, 5.41) is 13.0. The molecule has 220 valence electrons. The van der Waals surface area contributed by atoms with Gasteiger partial charge in [-0.25, -0.2) is 0 Å². The van der Waals surface area contributed by atoms with Crippen molar-refractivity contribution in [3.63, 3.8) is 0 Å². The monoisotopic (exact) mass is 610 g/mol.